The van der Waals surface area contributed by atoms with E-state index < -0.39 is 18.2 Å². The van der Waals surface area contributed by atoms with Crippen LogP contribution in [-0.2, 0) is 11.2 Å². The molecule has 0 unspecified atom stereocenters. The van der Waals surface area contributed by atoms with Gasteiger partial charge in [0.25, 0.3) is 0 Å². The third-order valence-electron chi connectivity index (χ3n) is 7.95. The Morgan fingerprint density at radius 1 is 0.978 bits per heavy atom. The number of likely N-dealkylation sites (N-methyl/N-ethyl adjacent to an activating group) is 1. The molecular formula is C33H39N5O8. The number of carbonyl (C=O) groups is 3. The number of rotatable bonds is 8. The van der Waals surface area contributed by atoms with Crippen molar-refractivity contribution in [3.63, 3.8) is 0 Å². The van der Waals surface area contributed by atoms with Gasteiger partial charge in [-0.3, -0.25) is 4.79 Å². The van der Waals surface area contributed by atoms with Gasteiger partial charge in [0, 0.05) is 48.2 Å². The number of anilines is 3. The minimum atomic E-state index is -0.502. The minimum Gasteiger partial charge on any atom is -0.497 e. The number of methoxy groups -OCH3 is 1. The van der Waals surface area contributed by atoms with Crippen molar-refractivity contribution < 1.29 is 38.4 Å². The van der Waals surface area contributed by atoms with Crippen molar-refractivity contribution in [1.82, 2.24) is 9.80 Å². The van der Waals surface area contributed by atoms with Crippen LogP contribution in [0.5, 0.6) is 23.0 Å². The first-order chi connectivity index (χ1) is 22.1. The van der Waals surface area contributed by atoms with Gasteiger partial charge in [0.15, 0.2) is 11.5 Å². The normalized spacial score (nSPS) is 17.8. The van der Waals surface area contributed by atoms with E-state index >= 15 is 0 Å². The Morgan fingerprint density at radius 2 is 1.63 bits per heavy atom. The molecule has 0 fully saturated rings. The predicted octanol–water partition coefficient (Wildman–Crippen LogP) is 4.38. The number of aliphatic hydroxyl groups excluding tert-OH is 1. The second-order valence-electron chi connectivity index (χ2n) is 11.4. The van der Waals surface area contributed by atoms with E-state index in [0.29, 0.717) is 52.2 Å². The summed E-state index contributed by atoms with van der Waals surface area (Å²) in [6.45, 7) is 4.19. The fourth-order valence-corrected chi connectivity index (χ4v) is 5.24. The number of hydrogen-bond donors (Lipinski definition) is 4. The van der Waals surface area contributed by atoms with Gasteiger partial charge in [-0.25, -0.2) is 9.59 Å². The fourth-order valence-electron chi connectivity index (χ4n) is 5.24. The maximum atomic E-state index is 13.5. The second kappa shape index (κ2) is 14.3. The summed E-state index contributed by atoms with van der Waals surface area (Å²) in [7, 11) is 3.25. The zero-order valence-corrected chi connectivity index (χ0v) is 26.2. The molecule has 0 saturated carbocycles. The first kappa shape index (κ1) is 32.2. The number of amides is 5. The zero-order chi connectivity index (χ0) is 32.8. The molecule has 2 aliphatic rings. The van der Waals surface area contributed by atoms with Gasteiger partial charge in [-0.05, 0) is 61.5 Å². The smallest absolute Gasteiger partial charge is 0.323 e. The highest BCUT2D eigenvalue weighted by atomic mass is 16.7. The molecule has 3 aromatic carbocycles. The van der Waals surface area contributed by atoms with E-state index in [1.807, 2.05) is 6.92 Å². The molecule has 5 rings (SSSR count). The Kier molecular flexibility index (Phi) is 10.0. The summed E-state index contributed by atoms with van der Waals surface area (Å²) in [5, 5.41) is 18.4. The number of fused-ring (bicyclic) bond motifs is 2. The number of carbonyl (C=O) groups excluding carboxylic acids is 3. The summed E-state index contributed by atoms with van der Waals surface area (Å²) in [6.07, 6.45) is -0.510. The van der Waals surface area contributed by atoms with E-state index in [1.165, 1.54) is 4.90 Å². The maximum absolute atomic E-state index is 13.5. The Morgan fingerprint density at radius 3 is 2.33 bits per heavy atom. The first-order valence-electron chi connectivity index (χ1n) is 15.0. The summed E-state index contributed by atoms with van der Waals surface area (Å²) < 4.78 is 22.4. The summed E-state index contributed by atoms with van der Waals surface area (Å²) in [5.74, 6) is 1.90. The molecular weight excluding hydrogens is 594 g/mol. The fraction of sp³-hybridized carbons (Fsp3) is 0.364. The highest BCUT2D eigenvalue weighted by molar-refractivity contribution is 6.00. The van der Waals surface area contributed by atoms with Gasteiger partial charge in [0.2, 0.25) is 12.7 Å². The number of nitrogens with one attached hydrogen (secondary N) is 3. The summed E-state index contributed by atoms with van der Waals surface area (Å²) in [4.78, 5) is 42.6. The van der Waals surface area contributed by atoms with Gasteiger partial charge >= 0.3 is 12.1 Å². The van der Waals surface area contributed by atoms with Crippen LogP contribution in [0, 0.1) is 5.92 Å². The van der Waals surface area contributed by atoms with E-state index in [-0.39, 0.29) is 44.2 Å². The van der Waals surface area contributed by atoms with Gasteiger partial charge < -0.3 is 49.8 Å². The number of hydrogen-bond acceptors (Lipinski definition) is 8. The van der Waals surface area contributed by atoms with Crippen molar-refractivity contribution in [3.8, 4) is 23.0 Å². The molecule has 13 nitrogen and oxygen atoms in total. The molecule has 244 valence electrons. The van der Waals surface area contributed by atoms with Crippen LogP contribution in [0.1, 0.15) is 19.4 Å². The number of urea groups is 2. The monoisotopic (exact) mass is 633 g/mol. The van der Waals surface area contributed by atoms with E-state index in [2.05, 4.69) is 16.0 Å². The van der Waals surface area contributed by atoms with Crippen LogP contribution in [0.3, 0.4) is 0 Å². The second-order valence-corrected chi connectivity index (χ2v) is 11.4. The van der Waals surface area contributed by atoms with Crippen molar-refractivity contribution >= 4 is 35.0 Å². The predicted molar refractivity (Wildman–Crippen MR) is 172 cm³/mol. The van der Waals surface area contributed by atoms with Gasteiger partial charge in [-0.15, -0.1) is 0 Å². The number of nitrogens with zero attached hydrogens (tertiary/aromatic N) is 2. The summed E-state index contributed by atoms with van der Waals surface area (Å²) >= 11 is 0. The van der Waals surface area contributed by atoms with Crippen LogP contribution in [0.25, 0.3) is 0 Å². The Hall–Kier alpha value is -5.17. The lowest BCUT2D eigenvalue weighted by Gasteiger charge is -2.34. The molecule has 4 N–H and O–H groups in total. The average molecular weight is 634 g/mol. The van der Waals surface area contributed by atoms with Crippen molar-refractivity contribution in [2.45, 2.75) is 32.4 Å². The van der Waals surface area contributed by atoms with Gasteiger partial charge in [0.05, 0.1) is 32.7 Å². The molecule has 0 radical (unpaired) electrons. The highest BCUT2D eigenvalue weighted by Gasteiger charge is 2.32. The quantitative estimate of drug-likeness (QED) is 0.285. The van der Waals surface area contributed by atoms with E-state index in [9.17, 15) is 19.5 Å². The Bertz CT molecular complexity index is 1570. The van der Waals surface area contributed by atoms with E-state index in [4.69, 9.17) is 18.9 Å². The Balaban J connectivity index is 1.33. The molecule has 3 atom stereocenters. The molecule has 0 saturated heterocycles. The number of aliphatic hydroxyl groups is 1. The van der Waals surface area contributed by atoms with Gasteiger partial charge in [-0.1, -0.05) is 6.92 Å². The molecule has 3 aromatic rings. The third-order valence-corrected chi connectivity index (χ3v) is 7.95. The van der Waals surface area contributed by atoms with Crippen molar-refractivity contribution in [3.05, 3.63) is 66.2 Å². The van der Waals surface area contributed by atoms with Crippen LogP contribution in [0.4, 0.5) is 26.7 Å². The lowest BCUT2D eigenvalue weighted by molar-refractivity contribution is -0.134. The molecule has 0 spiro atoms. The van der Waals surface area contributed by atoms with Crippen LogP contribution in [-0.4, -0.2) is 85.7 Å². The van der Waals surface area contributed by atoms with Crippen molar-refractivity contribution in [1.29, 1.82) is 0 Å². The SMILES string of the molecule is COc1ccc(NC(=O)N(C)C[C@@H]2Oc3ccc(NC(=O)Nc4ccc5c(c4)OCO5)cc3CC(=O)N([C@H](C)CO)C[C@H]2C)cc1. The van der Waals surface area contributed by atoms with Crippen LogP contribution in [0.2, 0.25) is 0 Å². The minimum absolute atomic E-state index is 0.00773. The molecule has 0 aliphatic carbocycles. The van der Waals surface area contributed by atoms with Crippen LogP contribution < -0.4 is 34.9 Å². The molecule has 2 heterocycles. The van der Waals surface area contributed by atoms with Gasteiger partial charge in [0.1, 0.15) is 17.6 Å². The average Bonchev–Trinajstić information content (AvgIpc) is 3.53. The largest absolute Gasteiger partial charge is 0.497 e. The summed E-state index contributed by atoms with van der Waals surface area (Å²) in [6, 6.07) is 16.0. The summed E-state index contributed by atoms with van der Waals surface area (Å²) in [5.41, 5.74) is 2.15. The molecule has 13 heteroatoms. The lowest BCUT2D eigenvalue weighted by Crippen LogP contribution is -2.48. The van der Waals surface area contributed by atoms with E-state index in [1.54, 1.807) is 86.6 Å². The first-order valence-corrected chi connectivity index (χ1v) is 15.0. The molecule has 2 aliphatic heterocycles. The van der Waals surface area contributed by atoms with Crippen LogP contribution >= 0.6 is 0 Å². The van der Waals surface area contributed by atoms with E-state index in [0.717, 1.165) is 0 Å². The molecule has 5 amide bonds. The topological polar surface area (TPSA) is 151 Å². The molecule has 0 bridgehead atoms. The highest BCUT2D eigenvalue weighted by Crippen LogP contribution is 2.34. The molecule has 46 heavy (non-hydrogen) atoms. The number of ether oxygens (including phenoxy) is 4. The third kappa shape index (κ3) is 7.72. The molecule has 0 aromatic heterocycles. The van der Waals surface area contributed by atoms with Gasteiger partial charge in [-0.2, -0.15) is 0 Å². The van der Waals surface area contributed by atoms with Crippen molar-refractivity contribution in [2.24, 2.45) is 5.92 Å². The Labute approximate surface area is 267 Å². The number of benzene rings is 3. The van der Waals surface area contributed by atoms with Crippen molar-refractivity contribution in [2.75, 3.05) is 56.6 Å². The standard InChI is InChI=1S/C33H39N5O8/c1-20-16-38(21(2)18-39)31(40)14-22-13-24(34-32(41)35-25-8-12-28-29(15-25)45-19-44-28)7-11-27(22)46-30(20)17-37(3)33(42)36-23-5-9-26(43-4)10-6-23/h5-13,15,20-21,30,39H,14,16-19H2,1-4H3,(H,36,42)(H2,34,35,41)/t20-,21-,30+/m1/s1. The maximum Gasteiger partial charge on any atom is 0.323 e. The lowest BCUT2D eigenvalue weighted by atomic mass is 10.0. The zero-order valence-electron chi connectivity index (χ0n) is 26.2. The van der Waals surface area contributed by atoms with Crippen LogP contribution in [0.15, 0.2) is 60.7 Å².